The Kier molecular flexibility index (Phi) is 5.77. The van der Waals surface area contributed by atoms with E-state index in [-0.39, 0.29) is 23.4 Å². The standard InChI is InChI=1S/C13H23N3O4S/c1-6-16-8-11(13(15-16)20-21(5,18)19)12(17)14-10(4)7-9(2)3/h8-10H,6-7H2,1-5H3,(H,14,17). The molecule has 1 aromatic heterocycles. The fourth-order valence-electron chi connectivity index (χ4n) is 1.99. The van der Waals surface area contributed by atoms with Crippen molar-refractivity contribution in [1.82, 2.24) is 15.1 Å². The topological polar surface area (TPSA) is 90.3 Å². The average molecular weight is 317 g/mol. The van der Waals surface area contributed by atoms with Crippen LogP contribution in [0.2, 0.25) is 0 Å². The Morgan fingerprint density at radius 1 is 1.43 bits per heavy atom. The molecular formula is C13H23N3O4S. The van der Waals surface area contributed by atoms with E-state index in [9.17, 15) is 13.2 Å². The molecule has 8 heteroatoms. The molecule has 21 heavy (non-hydrogen) atoms. The first-order valence-electron chi connectivity index (χ1n) is 6.90. The molecule has 1 rings (SSSR count). The fraction of sp³-hybridized carbons (Fsp3) is 0.692. The monoisotopic (exact) mass is 317 g/mol. The summed E-state index contributed by atoms with van der Waals surface area (Å²) in [6.45, 7) is 8.38. The molecule has 0 radical (unpaired) electrons. The number of aromatic nitrogens is 2. The first kappa shape index (κ1) is 17.5. The van der Waals surface area contributed by atoms with E-state index in [0.29, 0.717) is 12.5 Å². The van der Waals surface area contributed by atoms with Gasteiger partial charge in [-0.1, -0.05) is 13.8 Å². The van der Waals surface area contributed by atoms with Crippen LogP contribution < -0.4 is 9.50 Å². The largest absolute Gasteiger partial charge is 0.359 e. The third kappa shape index (κ3) is 5.74. The second kappa shape index (κ2) is 6.93. The summed E-state index contributed by atoms with van der Waals surface area (Å²) in [5.41, 5.74) is 0.123. The molecule has 120 valence electrons. The van der Waals surface area contributed by atoms with Crippen LogP contribution in [0.1, 0.15) is 44.5 Å². The molecule has 0 spiro atoms. The van der Waals surface area contributed by atoms with Gasteiger partial charge in [0.2, 0.25) is 0 Å². The van der Waals surface area contributed by atoms with Crippen LogP contribution in [0.3, 0.4) is 0 Å². The summed E-state index contributed by atoms with van der Waals surface area (Å²) in [5.74, 6) is -0.125. The number of aryl methyl sites for hydroxylation is 1. The number of nitrogens with one attached hydrogen (secondary N) is 1. The minimum absolute atomic E-state index is 0.0199. The minimum Gasteiger partial charge on any atom is -0.359 e. The van der Waals surface area contributed by atoms with Crippen molar-refractivity contribution in [2.75, 3.05) is 6.26 Å². The highest BCUT2D eigenvalue weighted by Gasteiger charge is 2.22. The average Bonchev–Trinajstić information content (AvgIpc) is 2.68. The zero-order valence-corrected chi connectivity index (χ0v) is 13.9. The van der Waals surface area contributed by atoms with Gasteiger partial charge >= 0.3 is 10.1 Å². The molecule has 1 heterocycles. The molecule has 0 bridgehead atoms. The summed E-state index contributed by atoms with van der Waals surface area (Å²) >= 11 is 0. The molecule has 0 aliphatic rings. The van der Waals surface area contributed by atoms with Crippen molar-refractivity contribution in [2.45, 2.75) is 46.7 Å². The predicted octanol–water partition coefficient (Wildman–Crippen LogP) is 1.41. The number of nitrogens with zero attached hydrogens (tertiary/aromatic N) is 2. The molecular weight excluding hydrogens is 294 g/mol. The van der Waals surface area contributed by atoms with Crippen molar-refractivity contribution in [3.05, 3.63) is 11.8 Å². The van der Waals surface area contributed by atoms with E-state index in [1.807, 2.05) is 13.8 Å². The van der Waals surface area contributed by atoms with E-state index in [4.69, 9.17) is 4.18 Å². The maximum atomic E-state index is 12.2. The van der Waals surface area contributed by atoms with Crippen molar-refractivity contribution >= 4 is 16.0 Å². The van der Waals surface area contributed by atoms with Gasteiger partial charge in [0.15, 0.2) is 0 Å². The quantitative estimate of drug-likeness (QED) is 0.768. The minimum atomic E-state index is -3.73. The van der Waals surface area contributed by atoms with Gasteiger partial charge in [-0.2, -0.15) is 8.42 Å². The van der Waals surface area contributed by atoms with Crippen molar-refractivity contribution in [1.29, 1.82) is 0 Å². The van der Waals surface area contributed by atoms with Gasteiger partial charge in [0.05, 0.1) is 6.26 Å². The van der Waals surface area contributed by atoms with E-state index in [1.54, 1.807) is 0 Å². The SMILES string of the molecule is CCn1cc(C(=O)NC(C)CC(C)C)c(OS(C)(=O)=O)n1. The molecule has 1 atom stereocenters. The third-order valence-corrected chi connectivity index (χ3v) is 3.19. The number of amides is 1. The van der Waals surface area contributed by atoms with Gasteiger partial charge in [0.25, 0.3) is 11.8 Å². The second-order valence-corrected chi connectivity index (χ2v) is 7.07. The van der Waals surface area contributed by atoms with Gasteiger partial charge in [-0.3, -0.25) is 9.48 Å². The van der Waals surface area contributed by atoms with Crippen LogP contribution in [0.4, 0.5) is 0 Å². The summed E-state index contributed by atoms with van der Waals surface area (Å²) < 4.78 is 28.7. The summed E-state index contributed by atoms with van der Waals surface area (Å²) in [4.78, 5) is 12.2. The fourth-order valence-corrected chi connectivity index (χ4v) is 2.40. The van der Waals surface area contributed by atoms with Crippen molar-refractivity contribution < 1.29 is 17.4 Å². The zero-order chi connectivity index (χ0) is 16.2. The molecule has 1 N–H and O–H groups in total. The van der Waals surface area contributed by atoms with Crippen LogP contribution in [0.25, 0.3) is 0 Å². The van der Waals surface area contributed by atoms with Gasteiger partial charge in [-0.05, 0) is 26.2 Å². The molecule has 7 nitrogen and oxygen atoms in total. The van der Waals surface area contributed by atoms with Crippen LogP contribution >= 0.6 is 0 Å². The van der Waals surface area contributed by atoms with Gasteiger partial charge in [-0.25, -0.2) is 0 Å². The number of hydrogen-bond donors (Lipinski definition) is 1. The summed E-state index contributed by atoms with van der Waals surface area (Å²) in [5, 5.41) is 6.78. The van der Waals surface area contributed by atoms with Crippen molar-refractivity contribution in [2.24, 2.45) is 5.92 Å². The molecule has 0 aliphatic heterocycles. The first-order valence-corrected chi connectivity index (χ1v) is 8.71. The summed E-state index contributed by atoms with van der Waals surface area (Å²) in [6, 6.07) is -0.0199. The Balaban J connectivity index is 2.94. The Hall–Kier alpha value is -1.57. The maximum Gasteiger partial charge on any atom is 0.307 e. The van der Waals surface area contributed by atoms with Crippen molar-refractivity contribution in [3.63, 3.8) is 0 Å². The highest BCUT2D eigenvalue weighted by atomic mass is 32.2. The Labute approximate surface area is 125 Å². The highest BCUT2D eigenvalue weighted by Crippen LogP contribution is 2.18. The Morgan fingerprint density at radius 2 is 2.05 bits per heavy atom. The molecule has 1 aromatic rings. The van der Waals surface area contributed by atoms with Crippen LogP contribution in [0, 0.1) is 5.92 Å². The lowest BCUT2D eigenvalue weighted by atomic mass is 10.1. The maximum absolute atomic E-state index is 12.2. The van der Waals surface area contributed by atoms with E-state index < -0.39 is 10.1 Å². The highest BCUT2D eigenvalue weighted by molar-refractivity contribution is 7.86. The molecule has 0 saturated heterocycles. The van der Waals surface area contributed by atoms with Gasteiger partial charge in [0.1, 0.15) is 5.56 Å². The second-order valence-electron chi connectivity index (χ2n) is 5.50. The Morgan fingerprint density at radius 3 is 2.52 bits per heavy atom. The van der Waals surface area contributed by atoms with E-state index >= 15 is 0 Å². The van der Waals surface area contributed by atoms with Crippen LogP contribution in [-0.4, -0.2) is 36.4 Å². The Bertz CT molecular complexity index is 593. The lowest BCUT2D eigenvalue weighted by molar-refractivity contribution is 0.0934. The van der Waals surface area contributed by atoms with E-state index in [0.717, 1.165) is 12.7 Å². The first-order chi connectivity index (χ1) is 9.62. The lowest BCUT2D eigenvalue weighted by Crippen LogP contribution is -2.33. The number of hydrogen-bond acceptors (Lipinski definition) is 5. The molecule has 1 unspecified atom stereocenters. The van der Waals surface area contributed by atoms with E-state index in [1.165, 1.54) is 10.9 Å². The van der Waals surface area contributed by atoms with Crippen LogP contribution in [-0.2, 0) is 16.7 Å². The van der Waals surface area contributed by atoms with Gasteiger partial charge in [0, 0.05) is 18.8 Å². The molecule has 0 aromatic carbocycles. The number of rotatable bonds is 7. The smallest absolute Gasteiger partial charge is 0.307 e. The normalized spacial score (nSPS) is 13.2. The number of carbonyl (C=O) groups excluding carboxylic acids is 1. The lowest BCUT2D eigenvalue weighted by Gasteiger charge is -2.15. The molecule has 0 saturated carbocycles. The van der Waals surface area contributed by atoms with E-state index in [2.05, 4.69) is 24.3 Å². The molecule has 0 fully saturated rings. The number of carbonyl (C=O) groups is 1. The summed E-state index contributed by atoms with van der Waals surface area (Å²) in [7, 11) is -3.73. The van der Waals surface area contributed by atoms with Crippen LogP contribution in [0.15, 0.2) is 6.20 Å². The van der Waals surface area contributed by atoms with Crippen LogP contribution in [0.5, 0.6) is 5.88 Å². The zero-order valence-electron chi connectivity index (χ0n) is 13.1. The van der Waals surface area contributed by atoms with Crippen molar-refractivity contribution in [3.8, 4) is 5.88 Å². The van der Waals surface area contributed by atoms with Gasteiger partial charge in [-0.15, -0.1) is 5.10 Å². The molecule has 0 aliphatic carbocycles. The predicted molar refractivity (Wildman–Crippen MR) is 79.8 cm³/mol. The van der Waals surface area contributed by atoms with Gasteiger partial charge < -0.3 is 9.50 Å². The molecule has 1 amide bonds. The summed E-state index contributed by atoms with van der Waals surface area (Å²) in [6.07, 6.45) is 3.23. The third-order valence-electron chi connectivity index (χ3n) is 2.73.